The molecule has 178 valence electrons. The van der Waals surface area contributed by atoms with Crippen molar-refractivity contribution in [2.24, 2.45) is 0 Å². The Kier molecular flexibility index (Phi) is 6.00. The Morgan fingerprint density at radius 3 is 1.79 bits per heavy atom. The number of nitrogens with zero attached hydrogens (tertiary/aromatic N) is 1. The molecule has 0 fully saturated rings. The predicted octanol–water partition coefficient (Wildman–Crippen LogP) is 4.97. The van der Waals surface area contributed by atoms with Gasteiger partial charge in [-0.3, -0.25) is 4.90 Å². The standard InChI is InChI=1S/C28H31NO5/c1-30-20-8-6-17(7-9-20)28-22-16-27(34-5)25(32-3)14-19(22)12-23-21-15-26(33-4)24(31-2)13-18(21)10-11-29(23)28/h6-9,13-16,23,28H,10-12H2,1-5H3/t23-,28-/m0/s1. The topological polar surface area (TPSA) is 49.4 Å². The number of ether oxygens (including phenoxy) is 5. The lowest BCUT2D eigenvalue weighted by atomic mass is 9.78. The highest BCUT2D eigenvalue weighted by Gasteiger charge is 2.40. The number of methoxy groups -OCH3 is 5. The van der Waals surface area contributed by atoms with Crippen LogP contribution in [0.15, 0.2) is 48.5 Å². The third kappa shape index (κ3) is 3.62. The lowest BCUT2D eigenvalue weighted by Crippen LogP contribution is -2.43. The summed E-state index contributed by atoms with van der Waals surface area (Å²) < 4.78 is 28.0. The zero-order valence-corrected chi connectivity index (χ0v) is 20.4. The van der Waals surface area contributed by atoms with Gasteiger partial charge in [-0.05, 0) is 77.1 Å². The molecule has 2 aliphatic rings. The van der Waals surface area contributed by atoms with E-state index in [1.165, 1.54) is 27.8 Å². The highest BCUT2D eigenvalue weighted by Crippen LogP contribution is 2.50. The molecule has 0 aromatic heterocycles. The minimum absolute atomic E-state index is 0.0840. The van der Waals surface area contributed by atoms with Crippen molar-refractivity contribution in [3.8, 4) is 28.7 Å². The molecule has 0 aliphatic carbocycles. The fourth-order valence-electron chi connectivity index (χ4n) is 5.50. The first-order chi connectivity index (χ1) is 16.6. The van der Waals surface area contributed by atoms with Crippen LogP contribution in [0.4, 0.5) is 0 Å². The molecule has 0 spiro atoms. The minimum Gasteiger partial charge on any atom is -0.497 e. The molecule has 0 bridgehead atoms. The van der Waals surface area contributed by atoms with Crippen molar-refractivity contribution >= 4 is 0 Å². The molecule has 3 aromatic rings. The molecule has 0 amide bonds. The van der Waals surface area contributed by atoms with Crippen molar-refractivity contribution in [1.82, 2.24) is 4.90 Å². The van der Waals surface area contributed by atoms with Gasteiger partial charge in [0.2, 0.25) is 0 Å². The average Bonchev–Trinajstić information content (AvgIpc) is 2.90. The van der Waals surface area contributed by atoms with E-state index >= 15 is 0 Å². The van der Waals surface area contributed by atoms with Gasteiger partial charge in [0, 0.05) is 12.6 Å². The van der Waals surface area contributed by atoms with E-state index in [1.54, 1.807) is 35.5 Å². The molecule has 0 saturated heterocycles. The third-order valence-electron chi connectivity index (χ3n) is 7.16. The molecule has 0 N–H and O–H groups in total. The van der Waals surface area contributed by atoms with Gasteiger partial charge >= 0.3 is 0 Å². The summed E-state index contributed by atoms with van der Waals surface area (Å²) in [5.74, 6) is 3.91. The molecule has 2 atom stereocenters. The molecule has 6 nitrogen and oxygen atoms in total. The van der Waals surface area contributed by atoms with Crippen molar-refractivity contribution in [2.75, 3.05) is 42.1 Å². The van der Waals surface area contributed by atoms with Crippen LogP contribution >= 0.6 is 0 Å². The van der Waals surface area contributed by atoms with Crippen LogP contribution in [0.3, 0.4) is 0 Å². The second kappa shape index (κ2) is 9.11. The summed E-state index contributed by atoms with van der Waals surface area (Å²) in [6.07, 6.45) is 1.83. The highest BCUT2D eigenvalue weighted by atomic mass is 16.5. The minimum atomic E-state index is 0.0840. The van der Waals surface area contributed by atoms with Gasteiger partial charge in [0.25, 0.3) is 0 Å². The van der Waals surface area contributed by atoms with E-state index in [2.05, 4.69) is 41.3 Å². The Morgan fingerprint density at radius 2 is 1.21 bits per heavy atom. The van der Waals surface area contributed by atoms with Crippen molar-refractivity contribution in [2.45, 2.75) is 24.9 Å². The molecule has 0 saturated carbocycles. The second-order valence-electron chi connectivity index (χ2n) is 8.70. The van der Waals surface area contributed by atoms with E-state index in [0.29, 0.717) is 0 Å². The first-order valence-electron chi connectivity index (χ1n) is 11.5. The van der Waals surface area contributed by atoms with E-state index in [-0.39, 0.29) is 12.1 Å². The summed E-state index contributed by atoms with van der Waals surface area (Å²) >= 11 is 0. The SMILES string of the molecule is COc1ccc([C@H]2c3cc(OC)c(OC)cc3C[C@H]3c4cc(OC)c(OC)cc4CCN23)cc1. The summed E-state index contributed by atoms with van der Waals surface area (Å²) in [6, 6.07) is 17.3. The lowest BCUT2D eigenvalue weighted by Gasteiger charge is -2.47. The molecular weight excluding hydrogens is 430 g/mol. The predicted molar refractivity (Wildman–Crippen MR) is 131 cm³/mol. The Hall–Kier alpha value is -3.38. The van der Waals surface area contributed by atoms with Gasteiger partial charge in [-0.15, -0.1) is 0 Å². The van der Waals surface area contributed by atoms with Crippen molar-refractivity contribution in [1.29, 1.82) is 0 Å². The van der Waals surface area contributed by atoms with Crippen molar-refractivity contribution in [3.63, 3.8) is 0 Å². The molecule has 0 radical (unpaired) electrons. The number of hydrogen-bond donors (Lipinski definition) is 0. The first-order valence-corrected chi connectivity index (χ1v) is 11.5. The Bertz CT molecular complexity index is 1190. The van der Waals surface area contributed by atoms with Gasteiger partial charge in [0.15, 0.2) is 23.0 Å². The molecule has 6 heteroatoms. The largest absolute Gasteiger partial charge is 0.497 e. The maximum atomic E-state index is 5.68. The number of fused-ring (bicyclic) bond motifs is 4. The summed E-state index contributed by atoms with van der Waals surface area (Å²) in [6.45, 7) is 0.942. The summed E-state index contributed by atoms with van der Waals surface area (Å²) in [7, 11) is 8.46. The Labute approximate surface area is 201 Å². The van der Waals surface area contributed by atoms with Crippen LogP contribution in [0.2, 0.25) is 0 Å². The van der Waals surface area contributed by atoms with E-state index in [9.17, 15) is 0 Å². The van der Waals surface area contributed by atoms with E-state index in [1.807, 2.05) is 12.1 Å². The van der Waals surface area contributed by atoms with Crippen LogP contribution in [-0.4, -0.2) is 47.0 Å². The fraction of sp³-hybridized carbons (Fsp3) is 0.357. The maximum Gasteiger partial charge on any atom is 0.161 e. The molecule has 2 aliphatic heterocycles. The maximum absolute atomic E-state index is 5.68. The number of benzene rings is 3. The van der Waals surface area contributed by atoms with Crippen molar-refractivity contribution < 1.29 is 23.7 Å². The highest BCUT2D eigenvalue weighted by molar-refractivity contribution is 5.55. The molecule has 34 heavy (non-hydrogen) atoms. The van der Waals surface area contributed by atoms with Gasteiger partial charge in [-0.2, -0.15) is 0 Å². The first kappa shape index (κ1) is 22.4. The molecule has 5 rings (SSSR count). The van der Waals surface area contributed by atoms with Crippen LogP contribution in [0, 0.1) is 0 Å². The van der Waals surface area contributed by atoms with Gasteiger partial charge < -0.3 is 23.7 Å². The van der Waals surface area contributed by atoms with Crippen LogP contribution in [0.1, 0.15) is 39.9 Å². The summed E-state index contributed by atoms with van der Waals surface area (Å²) in [5, 5.41) is 0. The Morgan fingerprint density at radius 1 is 0.647 bits per heavy atom. The summed E-state index contributed by atoms with van der Waals surface area (Å²) in [4.78, 5) is 2.60. The normalized spacial score (nSPS) is 18.9. The van der Waals surface area contributed by atoms with Crippen LogP contribution in [-0.2, 0) is 12.8 Å². The number of rotatable bonds is 6. The van der Waals surface area contributed by atoms with Gasteiger partial charge in [0.1, 0.15) is 5.75 Å². The van der Waals surface area contributed by atoms with E-state index in [0.717, 1.165) is 48.1 Å². The van der Waals surface area contributed by atoms with E-state index < -0.39 is 0 Å². The van der Waals surface area contributed by atoms with Crippen molar-refractivity contribution in [3.05, 3.63) is 76.3 Å². The van der Waals surface area contributed by atoms with Crippen LogP contribution in [0.25, 0.3) is 0 Å². The summed E-state index contributed by atoms with van der Waals surface area (Å²) in [5.41, 5.74) is 6.35. The molecule has 2 heterocycles. The fourth-order valence-corrected chi connectivity index (χ4v) is 5.50. The van der Waals surface area contributed by atoms with Gasteiger partial charge in [-0.25, -0.2) is 0 Å². The quantitative estimate of drug-likeness (QED) is 0.516. The molecular formula is C28H31NO5. The molecule has 3 aromatic carbocycles. The van der Waals surface area contributed by atoms with E-state index in [4.69, 9.17) is 23.7 Å². The lowest BCUT2D eigenvalue weighted by molar-refractivity contribution is 0.128. The Balaban J connectivity index is 1.68. The van der Waals surface area contributed by atoms with Gasteiger partial charge in [-0.1, -0.05) is 12.1 Å². The smallest absolute Gasteiger partial charge is 0.161 e. The van der Waals surface area contributed by atoms with Crippen LogP contribution < -0.4 is 23.7 Å². The van der Waals surface area contributed by atoms with Crippen LogP contribution in [0.5, 0.6) is 28.7 Å². The van der Waals surface area contributed by atoms with Gasteiger partial charge in [0.05, 0.1) is 41.6 Å². The monoisotopic (exact) mass is 461 g/mol. The second-order valence-corrected chi connectivity index (χ2v) is 8.70. The third-order valence-corrected chi connectivity index (χ3v) is 7.16. The zero-order chi connectivity index (χ0) is 23.8. The molecule has 0 unspecified atom stereocenters. The zero-order valence-electron chi connectivity index (χ0n) is 20.4. The average molecular weight is 462 g/mol. The number of hydrogen-bond acceptors (Lipinski definition) is 6.